The summed E-state index contributed by atoms with van der Waals surface area (Å²) in [5.41, 5.74) is 0. The molecule has 0 spiro atoms. The highest BCUT2D eigenvalue weighted by molar-refractivity contribution is 7.09. The van der Waals surface area contributed by atoms with E-state index in [0.29, 0.717) is 12.0 Å². The van der Waals surface area contributed by atoms with Gasteiger partial charge in [-0.05, 0) is 24.3 Å². The van der Waals surface area contributed by atoms with Crippen LogP contribution in [0.1, 0.15) is 25.6 Å². The van der Waals surface area contributed by atoms with E-state index in [1.54, 1.807) is 11.3 Å². The quantitative estimate of drug-likeness (QED) is 0.591. The Balaban J connectivity index is 1.90. The average Bonchev–Trinajstić information content (AvgIpc) is 3.07. The number of aliphatic imine (C=N–C) groups is 1. The van der Waals surface area contributed by atoms with Gasteiger partial charge < -0.3 is 15.4 Å². The maximum Gasteiger partial charge on any atom is 0.191 e. The topological polar surface area (TPSA) is 48.9 Å². The monoisotopic (exact) mass is 338 g/mol. The van der Waals surface area contributed by atoms with Gasteiger partial charge in [-0.15, -0.1) is 11.3 Å². The maximum absolute atomic E-state index is 5.48. The van der Waals surface area contributed by atoms with Crippen molar-refractivity contribution in [2.24, 2.45) is 10.9 Å². The number of hydrogen-bond donors (Lipinski definition) is 2. The van der Waals surface area contributed by atoms with Gasteiger partial charge in [0.15, 0.2) is 5.96 Å². The van der Waals surface area contributed by atoms with Crippen LogP contribution in [0.2, 0.25) is 0 Å². The van der Waals surface area contributed by atoms with Gasteiger partial charge in [-0.3, -0.25) is 4.90 Å². The molecule has 130 valence electrons. The van der Waals surface area contributed by atoms with Gasteiger partial charge in [0.05, 0.1) is 19.8 Å². The molecule has 5 nitrogen and oxygen atoms in total. The highest BCUT2D eigenvalue weighted by atomic mass is 32.1. The lowest BCUT2D eigenvalue weighted by molar-refractivity contribution is 0.00752. The normalized spacial score (nSPS) is 18.2. The number of nitrogens with one attached hydrogen (secondary N) is 2. The van der Waals surface area contributed by atoms with Gasteiger partial charge in [-0.25, -0.2) is 4.99 Å². The predicted molar refractivity (Wildman–Crippen MR) is 98.2 cm³/mol. The van der Waals surface area contributed by atoms with Crippen LogP contribution in [0.3, 0.4) is 0 Å². The third-order valence-corrected chi connectivity index (χ3v) is 4.94. The van der Waals surface area contributed by atoms with E-state index in [0.717, 1.165) is 51.9 Å². The summed E-state index contributed by atoms with van der Waals surface area (Å²) < 4.78 is 5.48. The summed E-state index contributed by atoms with van der Waals surface area (Å²) in [6, 6.07) is 4.70. The Labute approximate surface area is 144 Å². The first kappa shape index (κ1) is 18.2. The van der Waals surface area contributed by atoms with Crippen LogP contribution in [0.5, 0.6) is 0 Å². The summed E-state index contributed by atoms with van der Waals surface area (Å²) in [5.74, 6) is 1.50. The zero-order valence-corrected chi connectivity index (χ0v) is 15.4. The second kappa shape index (κ2) is 9.90. The average molecular weight is 339 g/mol. The molecule has 1 fully saturated rings. The van der Waals surface area contributed by atoms with Crippen LogP contribution < -0.4 is 10.6 Å². The van der Waals surface area contributed by atoms with Gasteiger partial charge in [0, 0.05) is 37.1 Å². The third-order valence-electron chi connectivity index (χ3n) is 4.08. The lowest BCUT2D eigenvalue weighted by Gasteiger charge is -2.37. The van der Waals surface area contributed by atoms with Crippen molar-refractivity contribution < 1.29 is 4.74 Å². The standard InChI is InChI=1S/C17H30N4OS/c1-4-18-17(19-12-15-6-5-11-23-15)20-13-16(14(2)3)21-7-9-22-10-8-21/h5-6,11,14,16H,4,7-10,12-13H2,1-3H3,(H2,18,19,20). The number of nitrogens with zero attached hydrogens (tertiary/aromatic N) is 2. The molecule has 1 aliphatic heterocycles. The molecule has 2 heterocycles. The van der Waals surface area contributed by atoms with Crippen LogP contribution in [0.15, 0.2) is 22.5 Å². The van der Waals surface area contributed by atoms with Gasteiger partial charge >= 0.3 is 0 Å². The van der Waals surface area contributed by atoms with E-state index in [-0.39, 0.29) is 0 Å². The Kier molecular flexibility index (Phi) is 7.85. The zero-order chi connectivity index (χ0) is 16.5. The molecule has 0 saturated carbocycles. The van der Waals surface area contributed by atoms with Gasteiger partial charge in [-0.1, -0.05) is 19.9 Å². The highest BCUT2D eigenvalue weighted by Crippen LogP contribution is 2.12. The summed E-state index contributed by atoms with van der Waals surface area (Å²) >= 11 is 1.75. The fourth-order valence-electron chi connectivity index (χ4n) is 2.80. The molecule has 0 amide bonds. The molecule has 0 aromatic carbocycles. The molecule has 2 rings (SSSR count). The predicted octanol–water partition coefficient (Wildman–Crippen LogP) is 2.16. The number of morpholine rings is 1. The van der Waals surface area contributed by atoms with Crippen LogP contribution in [0.4, 0.5) is 0 Å². The van der Waals surface area contributed by atoms with Crippen molar-refractivity contribution in [3.8, 4) is 0 Å². The summed E-state index contributed by atoms with van der Waals surface area (Å²) in [6.07, 6.45) is 0. The molecular weight excluding hydrogens is 308 g/mol. The van der Waals surface area contributed by atoms with Crippen molar-refractivity contribution in [2.75, 3.05) is 39.4 Å². The van der Waals surface area contributed by atoms with E-state index in [4.69, 9.17) is 9.73 Å². The Morgan fingerprint density at radius 1 is 1.35 bits per heavy atom. The molecule has 1 saturated heterocycles. The largest absolute Gasteiger partial charge is 0.379 e. The Morgan fingerprint density at radius 3 is 2.74 bits per heavy atom. The molecule has 2 N–H and O–H groups in total. The van der Waals surface area contributed by atoms with E-state index in [2.05, 4.69) is 53.8 Å². The number of hydrogen-bond acceptors (Lipinski definition) is 4. The molecule has 1 unspecified atom stereocenters. The Hall–Kier alpha value is -1.11. The van der Waals surface area contributed by atoms with Crippen molar-refractivity contribution in [3.63, 3.8) is 0 Å². The van der Waals surface area contributed by atoms with Crippen LogP contribution in [0.25, 0.3) is 0 Å². The lowest BCUT2D eigenvalue weighted by atomic mass is 10.0. The molecule has 0 bridgehead atoms. The zero-order valence-electron chi connectivity index (χ0n) is 14.5. The second-order valence-corrected chi connectivity index (χ2v) is 7.15. The first-order valence-electron chi connectivity index (χ1n) is 8.57. The molecule has 1 aliphatic rings. The molecule has 1 aromatic heterocycles. The second-order valence-electron chi connectivity index (χ2n) is 6.12. The summed E-state index contributed by atoms with van der Waals surface area (Å²) in [6.45, 7) is 12.9. The van der Waals surface area contributed by atoms with Gasteiger partial charge in [0.2, 0.25) is 0 Å². The lowest BCUT2D eigenvalue weighted by Crippen LogP contribution is -2.52. The Morgan fingerprint density at radius 2 is 2.13 bits per heavy atom. The van der Waals surface area contributed by atoms with E-state index < -0.39 is 0 Å². The van der Waals surface area contributed by atoms with Crippen LogP contribution in [-0.4, -0.2) is 56.3 Å². The van der Waals surface area contributed by atoms with Crippen LogP contribution >= 0.6 is 11.3 Å². The van der Waals surface area contributed by atoms with E-state index >= 15 is 0 Å². The van der Waals surface area contributed by atoms with Crippen molar-refractivity contribution in [1.29, 1.82) is 0 Å². The SMILES string of the molecule is CCNC(=NCc1cccs1)NCC(C(C)C)N1CCOCC1. The van der Waals surface area contributed by atoms with Crippen molar-refractivity contribution in [3.05, 3.63) is 22.4 Å². The fraction of sp³-hybridized carbons (Fsp3) is 0.706. The molecule has 23 heavy (non-hydrogen) atoms. The fourth-order valence-corrected chi connectivity index (χ4v) is 3.43. The van der Waals surface area contributed by atoms with Gasteiger partial charge in [-0.2, -0.15) is 0 Å². The minimum Gasteiger partial charge on any atom is -0.379 e. The minimum atomic E-state index is 0.504. The maximum atomic E-state index is 5.48. The molecule has 0 aliphatic carbocycles. The van der Waals surface area contributed by atoms with Crippen molar-refractivity contribution in [1.82, 2.24) is 15.5 Å². The van der Waals surface area contributed by atoms with E-state index in [9.17, 15) is 0 Å². The van der Waals surface area contributed by atoms with E-state index in [1.165, 1.54) is 4.88 Å². The van der Waals surface area contributed by atoms with Crippen LogP contribution in [0, 0.1) is 5.92 Å². The minimum absolute atomic E-state index is 0.504. The number of thiophene rings is 1. The van der Waals surface area contributed by atoms with Crippen molar-refractivity contribution in [2.45, 2.75) is 33.4 Å². The molecule has 6 heteroatoms. The number of guanidine groups is 1. The summed E-state index contributed by atoms with van der Waals surface area (Å²) in [4.78, 5) is 8.51. The summed E-state index contributed by atoms with van der Waals surface area (Å²) in [5, 5.41) is 8.96. The van der Waals surface area contributed by atoms with Crippen molar-refractivity contribution >= 4 is 17.3 Å². The third kappa shape index (κ3) is 6.12. The molecule has 1 atom stereocenters. The first-order valence-corrected chi connectivity index (χ1v) is 9.45. The molecule has 0 radical (unpaired) electrons. The van der Waals surface area contributed by atoms with Gasteiger partial charge in [0.1, 0.15) is 0 Å². The smallest absolute Gasteiger partial charge is 0.191 e. The van der Waals surface area contributed by atoms with Gasteiger partial charge in [0.25, 0.3) is 0 Å². The van der Waals surface area contributed by atoms with E-state index in [1.807, 2.05) is 0 Å². The first-order chi connectivity index (χ1) is 11.2. The van der Waals surface area contributed by atoms with Crippen LogP contribution in [-0.2, 0) is 11.3 Å². The number of rotatable bonds is 7. The summed E-state index contributed by atoms with van der Waals surface area (Å²) in [7, 11) is 0. The molecule has 1 aromatic rings. The number of ether oxygens (including phenoxy) is 1. The molecular formula is C17H30N4OS. The Bertz CT molecular complexity index is 455. The highest BCUT2D eigenvalue weighted by Gasteiger charge is 2.23.